The molecule has 0 spiro atoms. The van der Waals surface area contributed by atoms with E-state index in [9.17, 15) is 10.1 Å². The molecule has 0 aromatic rings. The summed E-state index contributed by atoms with van der Waals surface area (Å²) >= 11 is 0. The molecule has 2 saturated carbocycles. The molecule has 4 aliphatic carbocycles. The Labute approximate surface area is 151 Å². The molecule has 0 aliphatic heterocycles. The molecule has 6 atom stereocenters. The lowest BCUT2D eigenvalue weighted by Gasteiger charge is -2.57. The van der Waals surface area contributed by atoms with Crippen LogP contribution in [0.2, 0.25) is 0 Å². The number of esters is 1. The lowest BCUT2D eigenvalue weighted by atomic mass is 9.47. The Kier molecular flexibility index (Phi) is 3.87. The first-order chi connectivity index (χ1) is 11.9. The second-order valence-corrected chi connectivity index (χ2v) is 9.16. The smallest absolute Gasteiger partial charge is 0.302 e. The van der Waals surface area contributed by atoms with Crippen molar-refractivity contribution in [2.45, 2.75) is 71.8 Å². The lowest BCUT2D eigenvalue weighted by molar-refractivity contribution is -0.148. The Morgan fingerprint density at radius 1 is 1.16 bits per heavy atom. The van der Waals surface area contributed by atoms with Gasteiger partial charge in [-0.2, -0.15) is 5.26 Å². The number of hydrogen-bond donors (Lipinski definition) is 0. The van der Waals surface area contributed by atoms with Gasteiger partial charge in [0.25, 0.3) is 0 Å². The zero-order valence-corrected chi connectivity index (χ0v) is 15.7. The van der Waals surface area contributed by atoms with E-state index in [0.29, 0.717) is 11.8 Å². The average Bonchev–Trinajstić information content (AvgIpc) is 2.91. The van der Waals surface area contributed by atoms with Crippen molar-refractivity contribution < 1.29 is 9.53 Å². The van der Waals surface area contributed by atoms with Gasteiger partial charge in [-0.15, -0.1) is 0 Å². The summed E-state index contributed by atoms with van der Waals surface area (Å²) in [5.74, 6) is 1.88. The number of carbonyl (C=O) groups excluding carboxylic acids is 1. The summed E-state index contributed by atoms with van der Waals surface area (Å²) in [6.45, 7) is 6.30. The Morgan fingerprint density at radius 2 is 1.92 bits per heavy atom. The molecule has 3 nitrogen and oxygen atoms in total. The normalized spacial score (nSPS) is 45.2. The number of nitriles is 1. The van der Waals surface area contributed by atoms with Crippen LogP contribution in [0.25, 0.3) is 0 Å². The molecule has 4 rings (SSSR count). The topological polar surface area (TPSA) is 50.1 Å². The highest BCUT2D eigenvalue weighted by Gasteiger charge is 2.56. The van der Waals surface area contributed by atoms with Crippen LogP contribution < -0.4 is 0 Å². The second kappa shape index (κ2) is 5.73. The lowest BCUT2D eigenvalue weighted by Crippen LogP contribution is -2.50. The van der Waals surface area contributed by atoms with Gasteiger partial charge in [0.1, 0.15) is 6.10 Å². The fourth-order valence-corrected chi connectivity index (χ4v) is 6.70. The maximum Gasteiger partial charge on any atom is 0.302 e. The minimum atomic E-state index is -0.155. The van der Waals surface area contributed by atoms with E-state index in [1.165, 1.54) is 18.9 Å². The van der Waals surface area contributed by atoms with Crippen molar-refractivity contribution in [2.75, 3.05) is 0 Å². The van der Waals surface area contributed by atoms with Crippen molar-refractivity contribution in [1.29, 1.82) is 5.26 Å². The zero-order chi connectivity index (χ0) is 17.8. The molecule has 2 fully saturated rings. The van der Waals surface area contributed by atoms with Gasteiger partial charge in [-0.05, 0) is 61.7 Å². The van der Waals surface area contributed by atoms with Crippen molar-refractivity contribution in [1.82, 2.24) is 0 Å². The van der Waals surface area contributed by atoms with E-state index in [2.05, 4.69) is 32.1 Å². The standard InChI is InChI=1S/C22H29NO2/c1-14(24)25-17-8-10-21(2)15(12-17)4-6-18-19-7-5-16(13-23)22(19,3)11-9-20(18)21/h4-5,17-20H,6-12H2,1-3H3/t17-,18-,19+,20+,21-,22-/m0/s1. The predicted molar refractivity (Wildman–Crippen MR) is 96.3 cm³/mol. The van der Waals surface area contributed by atoms with Crippen LogP contribution in [0.5, 0.6) is 0 Å². The van der Waals surface area contributed by atoms with Crippen molar-refractivity contribution in [3.63, 3.8) is 0 Å². The number of hydrogen-bond acceptors (Lipinski definition) is 3. The highest BCUT2D eigenvalue weighted by atomic mass is 16.5. The Hall–Kier alpha value is -1.56. The first-order valence-electron chi connectivity index (χ1n) is 9.86. The molecule has 0 unspecified atom stereocenters. The third kappa shape index (κ3) is 2.40. The Bertz CT molecular complexity index is 699. The van der Waals surface area contributed by atoms with Crippen LogP contribution in [0.4, 0.5) is 0 Å². The maximum atomic E-state index is 11.3. The molecule has 0 aromatic heterocycles. The van der Waals surface area contributed by atoms with Crippen LogP contribution in [0.1, 0.15) is 65.7 Å². The summed E-state index contributed by atoms with van der Waals surface area (Å²) in [6.07, 6.45) is 12.4. The third-order valence-corrected chi connectivity index (χ3v) is 8.09. The zero-order valence-electron chi connectivity index (χ0n) is 15.7. The molecule has 4 aliphatic rings. The fraction of sp³-hybridized carbons (Fsp3) is 0.727. The number of rotatable bonds is 1. The molecule has 0 saturated heterocycles. The first kappa shape index (κ1) is 16.9. The van der Waals surface area contributed by atoms with E-state index >= 15 is 0 Å². The van der Waals surface area contributed by atoms with Gasteiger partial charge < -0.3 is 4.74 Å². The molecular weight excluding hydrogens is 310 g/mol. The van der Waals surface area contributed by atoms with Crippen LogP contribution in [-0.2, 0) is 9.53 Å². The number of fused-ring (bicyclic) bond motifs is 5. The number of allylic oxidation sites excluding steroid dienone is 3. The van der Waals surface area contributed by atoms with Crippen molar-refractivity contribution in [3.05, 3.63) is 23.3 Å². The van der Waals surface area contributed by atoms with Crippen molar-refractivity contribution >= 4 is 5.97 Å². The monoisotopic (exact) mass is 339 g/mol. The minimum Gasteiger partial charge on any atom is -0.462 e. The molecule has 0 amide bonds. The van der Waals surface area contributed by atoms with Crippen molar-refractivity contribution in [3.8, 4) is 6.07 Å². The fourth-order valence-electron chi connectivity index (χ4n) is 6.70. The summed E-state index contributed by atoms with van der Waals surface area (Å²) in [6, 6.07) is 2.49. The quantitative estimate of drug-likeness (QED) is 0.502. The average molecular weight is 339 g/mol. The van der Waals surface area contributed by atoms with Gasteiger partial charge in [-0.3, -0.25) is 4.79 Å². The Morgan fingerprint density at radius 3 is 2.64 bits per heavy atom. The van der Waals surface area contributed by atoms with Crippen LogP contribution in [-0.4, -0.2) is 12.1 Å². The molecule has 0 bridgehead atoms. The Balaban J connectivity index is 1.59. The predicted octanol–water partition coefficient (Wildman–Crippen LogP) is 4.94. The van der Waals surface area contributed by atoms with Gasteiger partial charge in [0.15, 0.2) is 0 Å². The van der Waals surface area contributed by atoms with E-state index in [0.717, 1.165) is 50.0 Å². The van der Waals surface area contributed by atoms with E-state index in [4.69, 9.17) is 4.74 Å². The number of ether oxygens (including phenoxy) is 1. The second-order valence-electron chi connectivity index (χ2n) is 9.16. The molecule has 0 radical (unpaired) electrons. The van der Waals surface area contributed by atoms with E-state index in [1.54, 1.807) is 0 Å². The van der Waals surface area contributed by atoms with Gasteiger partial charge in [0.05, 0.1) is 6.07 Å². The van der Waals surface area contributed by atoms with Crippen LogP contribution in [0.15, 0.2) is 23.3 Å². The van der Waals surface area contributed by atoms with E-state index < -0.39 is 0 Å². The van der Waals surface area contributed by atoms with Crippen molar-refractivity contribution in [2.24, 2.45) is 28.6 Å². The first-order valence-corrected chi connectivity index (χ1v) is 9.86. The minimum absolute atomic E-state index is 0.0700. The number of nitrogens with zero attached hydrogens (tertiary/aromatic N) is 1. The van der Waals surface area contributed by atoms with Gasteiger partial charge in [0, 0.05) is 24.3 Å². The summed E-state index contributed by atoms with van der Waals surface area (Å²) in [7, 11) is 0. The van der Waals surface area contributed by atoms with Gasteiger partial charge >= 0.3 is 5.97 Å². The summed E-state index contributed by atoms with van der Waals surface area (Å²) in [5, 5.41) is 9.53. The molecule has 0 N–H and O–H groups in total. The highest BCUT2D eigenvalue weighted by Crippen LogP contribution is 2.64. The molecule has 134 valence electrons. The number of carbonyl (C=O) groups is 1. The molecule has 0 aromatic carbocycles. The van der Waals surface area contributed by atoms with E-state index in [1.807, 2.05) is 0 Å². The maximum absolute atomic E-state index is 11.3. The largest absolute Gasteiger partial charge is 0.462 e. The van der Waals surface area contributed by atoms with Gasteiger partial charge in [0.2, 0.25) is 0 Å². The van der Waals surface area contributed by atoms with Crippen LogP contribution >= 0.6 is 0 Å². The van der Waals surface area contributed by atoms with E-state index in [-0.39, 0.29) is 22.9 Å². The molecule has 0 heterocycles. The molecule has 25 heavy (non-hydrogen) atoms. The third-order valence-electron chi connectivity index (χ3n) is 8.09. The summed E-state index contributed by atoms with van der Waals surface area (Å²) in [5.41, 5.74) is 2.93. The summed E-state index contributed by atoms with van der Waals surface area (Å²) in [4.78, 5) is 11.3. The SMILES string of the molecule is CC(=O)O[C@H]1CC[C@@]2(C)C(=CC[C@H]3[C@H]4CC=C(C#N)[C@]4(C)CC[C@H]32)C1. The summed E-state index contributed by atoms with van der Waals surface area (Å²) < 4.78 is 5.51. The van der Waals surface area contributed by atoms with Gasteiger partial charge in [-0.1, -0.05) is 31.6 Å². The highest BCUT2D eigenvalue weighted by molar-refractivity contribution is 5.66. The molecule has 3 heteroatoms. The molecular formula is C22H29NO2. The van der Waals surface area contributed by atoms with Crippen LogP contribution in [0, 0.1) is 39.9 Å². The van der Waals surface area contributed by atoms with Crippen LogP contribution in [0.3, 0.4) is 0 Å². The van der Waals surface area contributed by atoms with Gasteiger partial charge in [-0.25, -0.2) is 0 Å².